The number of carboxylic acids is 1. The molecule has 17 heavy (non-hydrogen) atoms. The largest absolute Gasteiger partial charge is 0.480 e. The topological polar surface area (TPSA) is 40.5 Å². The van der Waals surface area contributed by atoms with Crippen molar-refractivity contribution in [1.29, 1.82) is 0 Å². The zero-order chi connectivity index (χ0) is 12.8. The summed E-state index contributed by atoms with van der Waals surface area (Å²) in [5.41, 5.74) is 2.28. The van der Waals surface area contributed by atoms with Gasteiger partial charge in [0, 0.05) is 17.1 Å². The van der Waals surface area contributed by atoms with Crippen LogP contribution in [0.25, 0.3) is 0 Å². The number of nitrogens with zero attached hydrogens (tertiary/aromatic N) is 1. The van der Waals surface area contributed by atoms with Crippen LogP contribution in [-0.2, 0) is 10.2 Å². The molecule has 0 saturated carbocycles. The van der Waals surface area contributed by atoms with E-state index in [0.29, 0.717) is 0 Å². The molecule has 1 aliphatic rings. The van der Waals surface area contributed by atoms with Crippen LogP contribution >= 0.6 is 0 Å². The third-order valence-electron chi connectivity index (χ3n) is 4.11. The number of anilines is 1. The molecule has 1 aliphatic heterocycles. The van der Waals surface area contributed by atoms with Gasteiger partial charge >= 0.3 is 5.97 Å². The maximum absolute atomic E-state index is 11.2. The van der Waals surface area contributed by atoms with Crippen LogP contribution in [0.2, 0.25) is 0 Å². The number of fused-ring (bicyclic) bond motifs is 1. The molecule has 0 spiro atoms. The maximum atomic E-state index is 11.2. The molecule has 1 aromatic carbocycles. The predicted octanol–water partition coefficient (Wildman–Crippen LogP) is 2.65. The first-order valence-corrected chi connectivity index (χ1v) is 5.98. The highest BCUT2D eigenvalue weighted by atomic mass is 16.4. The summed E-state index contributed by atoms with van der Waals surface area (Å²) in [6.07, 6.45) is 0. The van der Waals surface area contributed by atoms with E-state index in [1.807, 2.05) is 23.1 Å². The van der Waals surface area contributed by atoms with E-state index in [0.717, 1.165) is 5.69 Å². The van der Waals surface area contributed by atoms with Gasteiger partial charge in [-0.1, -0.05) is 32.0 Å². The van der Waals surface area contributed by atoms with Gasteiger partial charge in [0.2, 0.25) is 0 Å². The van der Waals surface area contributed by atoms with Gasteiger partial charge in [0.15, 0.2) is 0 Å². The van der Waals surface area contributed by atoms with E-state index < -0.39 is 12.0 Å². The fourth-order valence-corrected chi connectivity index (χ4v) is 2.69. The van der Waals surface area contributed by atoms with E-state index in [1.54, 1.807) is 6.92 Å². The van der Waals surface area contributed by atoms with Crippen molar-refractivity contribution in [1.82, 2.24) is 0 Å². The van der Waals surface area contributed by atoms with Crippen LogP contribution in [0, 0.1) is 0 Å². The van der Waals surface area contributed by atoms with Crippen LogP contribution in [0.3, 0.4) is 0 Å². The Labute approximate surface area is 102 Å². The van der Waals surface area contributed by atoms with Crippen LogP contribution < -0.4 is 4.90 Å². The van der Waals surface area contributed by atoms with Crippen molar-refractivity contribution in [2.45, 2.75) is 45.2 Å². The number of carbonyl (C=O) groups is 1. The summed E-state index contributed by atoms with van der Waals surface area (Å²) < 4.78 is 0. The molecule has 1 aromatic rings. The average molecular weight is 233 g/mol. The predicted molar refractivity (Wildman–Crippen MR) is 68.5 cm³/mol. The second-order valence-corrected chi connectivity index (χ2v) is 5.34. The lowest BCUT2D eigenvalue weighted by atomic mass is 9.81. The van der Waals surface area contributed by atoms with Crippen molar-refractivity contribution < 1.29 is 9.90 Å². The fourth-order valence-electron chi connectivity index (χ4n) is 2.69. The van der Waals surface area contributed by atoms with Crippen LogP contribution in [-0.4, -0.2) is 23.2 Å². The quantitative estimate of drug-likeness (QED) is 0.853. The molecule has 2 rings (SSSR count). The Kier molecular flexibility index (Phi) is 2.64. The van der Waals surface area contributed by atoms with Gasteiger partial charge in [-0.2, -0.15) is 0 Å². The molecular weight excluding hydrogens is 214 g/mol. The van der Waals surface area contributed by atoms with Gasteiger partial charge in [-0.3, -0.25) is 0 Å². The maximum Gasteiger partial charge on any atom is 0.326 e. The Bertz CT molecular complexity index is 453. The summed E-state index contributed by atoms with van der Waals surface area (Å²) in [6.45, 7) is 8.19. The van der Waals surface area contributed by atoms with Crippen LogP contribution in [0.5, 0.6) is 0 Å². The van der Waals surface area contributed by atoms with E-state index in [9.17, 15) is 9.90 Å². The fraction of sp³-hybridized carbons (Fsp3) is 0.500. The first-order valence-electron chi connectivity index (χ1n) is 5.98. The monoisotopic (exact) mass is 233 g/mol. The van der Waals surface area contributed by atoms with Gasteiger partial charge in [-0.25, -0.2) is 4.79 Å². The van der Waals surface area contributed by atoms with Crippen molar-refractivity contribution in [2.24, 2.45) is 0 Å². The van der Waals surface area contributed by atoms with Crippen molar-refractivity contribution in [3.63, 3.8) is 0 Å². The summed E-state index contributed by atoms with van der Waals surface area (Å²) in [5.74, 6) is -0.774. The summed E-state index contributed by atoms with van der Waals surface area (Å²) >= 11 is 0. The summed E-state index contributed by atoms with van der Waals surface area (Å²) in [4.78, 5) is 13.2. The van der Waals surface area contributed by atoms with Crippen molar-refractivity contribution in [2.75, 3.05) is 4.90 Å². The van der Waals surface area contributed by atoms with Crippen molar-refractivity contribution >= 4 is 11.7 Å². The molecule has 92 valence electrons. The van der Waals surface area contributed by atoms with Crippen LogP contribution in [0.1, 0.15) is 33.3 Å². The average Bonchev–Trinajstić information content (AvgIpc) is 2.48. The lowest BCUT2D eigenvalue weighted by Crippen LogP contribution is -2.47. The highest BCUT2D eigenvalue weighted by Gasteiger charge is 2.44. The molecule has 3 heteroatoms. The smallest absolute Gasteiger partial charge is 0.326 e. The Hall–Kier alpha value is -1.51. The second-order valence-electron chi connectivity index (χ2n) is 5.34. The lowest BCUT2D eigenvalue weighted by molar-refractivity contribution is -0.138. The number of hydrogen-bond donors (Lipinski definition) is 1. The number of benzene rings is 1. The molecule has 0 radical (unpaired) electrons. The molecule has 3 nitrogen and oxygen atoms in total. The lowest BCUT2D eigenvalue weighted by Gasteiger charge is -2.34. The molecule has 0 saturated heterocycles. The number of carboxylic acid groups (broad SMARTS) is 1. The molecule has 2 atom stereocenters. The Morgan fingerprint density at radius 3 is 2.59 bits per heavy atom. The minimum absolute atomic E-state index is 0.0136. The molecule has 0 fully saturated rings. The van der Waals surface area contributed by atoms with Gasteiger partial charge in [-0.05, 0) is 25.5 Å². The van der Waals surface area contributed by atoms with Crippen LogP contribution in [0.15, 0.2) is 24.3 Å². The zero-order valence-electron chi connectivity index (χ0n) is 10.8. The first-order chi connectivity index (χ1) is 7.87. The third-order valence-corrected chi connectivity index (χ3v) is 4.11. The minimum atomic E-state index is -0.774. The summed E-state index contributed by atoms with van der Waals surface area (Å²) in [7, 11) is 0. The van der Waals surface area contributed by atoms with Gasteiger partial charge in [-0.15, -0.1) is 0 Å². The van der Waals surface area contributed by atoms with E-state index in [4.69, 9.17) is 0 Å². The van der Waals surface area contributed by atoms with Crippen molar-refractivity contribution in [3.8, 4) is 0 Å². The number of aliphatic carboxylic acids is 1. The summed E-state index contributed by atoms with van der Waals surface area (Å²) in [6, 6.07) is 7.79. The third kappa shape index (κ3) is 1.61. The first kappa shape index (κ1) is 12.0. The van der Waals surface area contributed by atoms with Gasteiger partial charge in [0.25, 0.3) is 0 Å². The zero-order valence-corrected chi connectivity index (χ0v) is 10.8. The molecule has 0 aromatic heterocycles. The standard InChI is InChI=1S/C14H19NO2/c1-9(13(16)17)15-10(2)14(3,4)11-7-5-6-8-12(11)15/h5-10H,1-4H3,(H,16,17). The Morgan fingerprint density at radius 2 is 2.00 bits per heavy atom. The van der Waals surface area contributed by atoms with E-state index in [-0.39, 0.29) is 11.5 Å². The van der Waals surface area contributed by atoms with Gasteiger partial charge in [0.05, 0.1) is 0 Å². The van der Waals surface area contributed by atoms with Gasteiger partial charge in [0.1, 0.15) is 6.04 Å². The molecule has 0 amide bonds. The highest BCUT2D eigenvalue weighted by Crippen LogP contribution is 2.45. The Morgan fingerprint density at radius 1 is 1.41 bits per heavy atom. The molecule has 1 heterocycles. The molecule has 2 unspecified atom stereocenters. The normalized spacial score (nSPS) is 23.3. The number of rotatable bonds is 2. The highest BCUT2D eigenvalue weighted by molar-refractivity contribution is 5.80. The van der Waals surface area contributed by atoms with Crippen molar-refractivity contribution in [3.05, 3.63) is 29.8 Å². The SMILES string of the molecule is CC(C(=O)O)N1c2ccccc2C(C)(C)C1C. The molecular formula is C14H19NO2. The molecule has 0 bridgehead atoms. The number of hydrogen-bond acceptors (Lipinski definition) is 2. The molecule has 0 aliphatic carbocycles. The molecule has 1 N–H and O–H groups in total. The van der Waals surface area contributed by atoms with Crippen LogP contribution in [0.4, 0.5) is 5.69 Å². The number of para-hydroxylation sites is 1. The van der Waals surface area contributed by atoms with E-state index in [2.05, 4.69) is 26.8 Å². The van der Waals surface area contributed by atoms with E-state index in [1.165, 1.54) is 5.56 Å². The van der Waals surface area contributed by atoms with Gasteiger partial charge < -0.3 is 10.0 Å². The minimum Gasteiger partial charge on any atom is -0.480 e. The van der Waals surface area contributed by atoms with E-state index >= 15 is 0 Å². The Balaban J connectivity index is 2.53. The second kappa shape index (κ2) is 3.76. The summed E-state index contributed by atoms with van der Waals surface area (Å²) in [5, 5.41) is 9.21.